The van der Waals surface area contributed by atoms with E-state index in [4.69, 9.17) is 18.9 Å². The summed E-state index contributed by atoms with van der Waals surface area (Å²) >= 11 is 0. The van der Waals surface area contributed by atoms with Gasteiger partial charge in [-0.3, -0.25) is 0 Å². The maximum atomic E-state index is 11.9. The molecule has 0 saturated heterocycles. The van der Waals surface area contributed by atoms with Gasteiger partial charge < -0.3 is 24.3 Å². The summed E-state index contributed by atoms with van der Waals surface area (Å²) in [6, 6.07) is 3.49. The van der Waals surface area contributed by atoms with Crippen molar-refractivity contribution in [3.8, 4) is 17.2 Å². The molecule has 0 fully saturated rings. The highest BCUT2D eigenvalue weighted by Gasteiger charge is 2.20. The number of hydrogen-bond donors (Lipinski definition) is 1. The molecule has 25 heavy (non-hydrogen) atoms. The Morgan fingerprint density at radius 3 is 2.16 bits per heavy atom. The highest BCUT2D eigenvalue weighted by atomic mass is 16.5. The minimum atomic E-state index is -0.345. The van der Waals surface area contributed by atoms with Crippen molar-refractivity contribution < 1.29 is 23.7 Å². The van der Waals surface area contributed by atoms with Crippen LogP contribution in [0, 0.1) is 0 Å². The predicted octanol–water partition coefficient (Wildman–Crippen LogP) is 3.39. The lowest BCUT2D eigenvalue weighted by Crippen LogP contribution is -2.20. The van der Waals surface area contributed by atoms with Crippen LogP contribution in [0.4, 0.5) is 0 Å². The van der Waals surface area contributed by atoms with E-state index in [1.54, 1.807) is 46.6 Å². The first-order chi connectivity index (χ1) is 12.1. The monoisotopic (exact) mass is 349 g/mol. The minimum absolute atomic E-state index is 0.201. The standard InChI is InChI=1S/C17H21NO5.C2H6/c1-5-23-17(19)11-6-7-18-13(8-11)12-9-14(20-2)16(22-4)15(10-12)21-3;1-2/h6-10,13,18H,5H2,1-4H3;1-2H3. The SMILES string of the molecule is CC.CCOC(=O)C1=CC(c2cc(OC)c(OC)c(OC)c2)NC=C1. The second kappa shape index (κ2) is 10.3. The lowest BCUT2D eigenvalue weighted by atomic mass is 10.0. The van der Waals surface area contributed by atoms with E-state index in [1.807, 2.05) is 26.0 Å². The van der Waals surface area contributed by atoms with Gasteiger partial charge in [0.05, 0.1) is 39.6 Å². The Morgan fingerprint density at radius 1 is 1.08 bits per heavy atom. The Morgan fingerprint density at radius 2 is 1.68 bits per heavy atom. The highest BCUT2D eigenvalue weighted by molar-refractivity contribution is 5.92. The van der Waals surface area contributed by atoms with E-state index in [2.05, 4.69) is 5.32 Å². The lowest BCUT2D eigenvalue weighted by molar-refractivity contribution is -0.138. The third-order valence-electron chi connectivity index (χ3n) is 3.44. The van der Waals surface area contributed by atoms with Crippen molar-refractivity contribution in [2.45, 2.75) is 26.8 Å². The summed E-state index contributed by atoms with van der Waals surface area (Å²) in [5.41, 5.74) is 1.38. The fourth-order valence-corrected chi connectivity index (χ4v) is 2.35. The maximum absolute atomic E-state index is 11.9. The molecule has 0 spiro atoms. The second-order valence-electron chi connectivity index (χ2n) is 4.78. The molecule has 0 bridgehead atoms. The van der Waals surface area contributed by atoms with Gasteiger partial charge in [-0.15, -0.1) is 0 Å². The molecule has 2 rings (SSSR count). The lowest BCUT2D eigenvalue weighted by Gasteiger charge is -2.21. The number of carbonyl (C=O) groups is 1. The fraction of sp³-hybridized carbons (Fsp3) is 0.421. The fourth-order valence-electron chi connectivity index (χ4n) is 2.35. The molecule has 6 nitrogen and oxygen atoms in total. The molecule has 6 heteroatoms. The van der Waals surface area contributed by atoms with Gasteiger partial charge in [0.1, 0.15) is 0 Å². The van der Waals surface area contributed by atoms with Gasteiger partial charge in [-0.2, -0.15) is 0 Å². The van der Waals surface area contributed by atoms with Crippen LogP contribution in [0.1, 0.15) is 32.4 Å². The number of esters is 1. The number of hydrogen-bond acceptors (Lipinski definition) is 6. The molecular weight excluding hydrogens is 322 g/mol. The highest BCUT2D eigenvalue weighted by Crippen LogP contribution is 2.40. The molecule has 1 aliphatic heterocycles. The minimum Gasteiger partial charge on any atom is -0.493 e. The zero-order chi connectivity index (χ0) is 18.8. The molecular formula is C19H27NO5. The molecule has 0 aromatic heterocycles. The largest absolute Gasteiger partial charge is 0.493 e. The van der Waals surface area contributed by atoms with Gasteiger partial charge in [-0.05, 0) is 43.0 Å². The van der Waals surface area contributed by atoms with Crippen LogP contribution in [0.15, 0.2) is 36.1 Å². The topological polar surface area (TPSA) is 66.0 Å². The quantitative estimate of drug-likeness (QED) is 0.794. The van der Waals surface area contributed by atoms with E-state index >= 15 is 0 Å². The summed E-state index contributed by atoms with van der Waals surface area (Å²) < 4.78 is 21.1. The van der Waals surface area contributed by atoms with Crippen molar-refractivity contribution in [3.05, 3.63) is 41.6 Å². The van der Waals surface area contributed by atoms with Crippen molar-refractivity contribution in [2.75, 3.05) is 27.9 Å². The van der Waals surface area contributed by atoms with Crippen molar-refractivity contribution in [1.29, 1.82) is 0 Å². The van der Waals surface area contributed by atoms with E-state index in [1.165, 1.54) is 0 Å². The molecule has 1 unspecified atom stereocenters. The van der Waals surface area contributed by atoms with Gasteiger partial charge in [0.15, 0.2) is 11.5 Å². The van der Waals surface area contributed by atoms with Crippen LogP contribution in [0.25, 0.3) is 0 Å². The maximum Gasteiger partial charge on any atom is 0.337 e. The number of benzene rings is 1. The molecule has 1 aliphatic rings. The summed E-state index contributed by atoms with van der Waals surface area (Å²) in [5.74, 6) is 1.30. The molecule has 138 valence electrons. The number of ether oxygens (including phenoxy) is 4. The third kappa shape index (κ3) is 4.92. The van der Waals surface area contributed by atoms with E-state index in [-0.39, 0.29) is 12.0 Å². The third-order valence-corrected chi connectivity index (χ3v) is 3.44. The first-order valence-electron chi connectivity index (χ1n) is 8.26. The first kappa shape index (κ1) is 20.4. The van der Waals surface area contributed by atoms with Gasteiger partial charge in [0, 0.05) is 0 Å². The van der Waals surface area contributed by atoms with Gasteiger partial charge >= 0.3 is 5.97 Å². The number of carbonyl (C=O) groups excluding carboxylic acids is 1. The Kier molecular flexibility index (Phi) is 8.39. The van der Waals surface area contributed by atoms with E-state index in [0.717, 1.165) is 5.56 Å². The van der Waals surface area contributed by atoms with Crippen LogP contribution in [0.2, 0.25) is 0 Å². The Balaban J connectivity index is 0.00000151. The molecule has 0 aliphatic carbocycles. The number of methoxy groups -OCH3 is 3. The second-order valence-corrected chi connectivity index (χ2v) is 4.78. The molecule has 1 aromatic carbocycles. The molecule has 0 radical (unpaired) electrons. The molecule has 1 atom stereocenters. The zero-order valence-electron chi connectivity index (χ0n) is 15.7. The molecule has 0 saturated carbocycles. The van der Waals surface area contributed by atoms with E-state index in [9.17, 15) is 4.79 Å². The van der Waals surface area contributed by atoms with Crippen molar-refractivity contribution in [2.24, 2.45) is 0 Å². The van der Waals surface area contributed by atoms with Gasteiger partial charge in [0.2, 0.25) is 5.75 Å². The van der Waals surface area contributed by atoms with Gasteiger partial charge in [-0.25, -0.2) is 4.79 Å². The van der Waals surface area contributed by atoms with Crippen LogP contribution in [-0.2, 0) is 9.53 Å². The van der Waals surface area contributed by atoms with Crippen LogP contribution in [0.5, 0.6) is 17.2 Å². The molecule has 1 aromatic rings. The summed E-state index contributed by atoms with van der Waals surface area (Å²) in [5, 5.41) is 3.19. The van der Waals surface area contributed by atoms with Crippen molar-refractivity contribution in [3.63, 3.8) is 0 Å². The summed E-state index contributed by atoms with van der Waals surface area (Å²) in [6.45, 7) is 6.12. The number of rotatable bonds is 6. The predicted molar refractivity (Wildman–Crippen MR) is 97.2 cm³/mol. The normalized spacial score (nSPS) is 15.1. The summed E-state index contributed by atoms with van der Waals surface area (Å²) in [6.07, 6.45) is 5.21. The Bertz CT molecular complexity index is 612. The van der Waals surface area contributed by atoms with Crippen LogP contribution >= 0.6 is 0 Å². The average Bonchev–Trinajstić information content (AvgIpc) is 2.68. The first-order valence-corrected chi connectivity index (χ1v) is 8.26. The van der Waals surface area contributed by atoms with E-state index in [0.29, 0.717) is 29.4 Å². The zero-order valence-corrected chi connectivity index (χ0v) is 15.7. The summed E-state index contributed by atoms with van der Waals surface area (Å²) in [4.78, 5) is 11.9. The van der Waals surface area contributed by atoms with Crippen LogP contribution in [0.3, 0.4) is 0 Å². The van der Waals surface area contributed by atoms with Crippen molar-refractivity contribution >= 4 is 5.97 Å². The average molecular weight is 349 g/mol. The molecule has 1 heterocycles. The van der Waals surface area contributed by atoms with Gasteiger partial charge in [0.25, 0.3) is 0 Å². The smallest absolute Gasteiger partial charge is 0.337 e. The van der Waals surface area contributed by atoms with Crippen molar-refractivity contribution in [1.82, 2.24) is 5.32 Å². The molecule has 1 N–H and O–H groups in total. The molecule has 0 amide bonds. The van der Waals surface area contributed by atoms with Crippen LogP contribution < -0.4 is 19.5 Å². The van der Waals surface area contributed by atoms with Crippen LogP contribution in [-0.4, -0.2) is 33.9 Å². The Hall–Kier alpha value is -2.63. The summed E-state index contributed by atoms with van der Waals surface area (Å²) in [7, 11) is 4.69. The van der Waals surface area contributed by atoms with E-state index < -0.39 is 0 Å². The van der Waals surface area contributed by atoms with Gasteiger partial charge in [-0.1, -0.05) is 13.8 Å². The Labute approximate surface area is 149 Å². The number of dihydropyridines is 1. The number of nitrogens with one attached hydrogen (secondary N) is 1.